The van der Waals surface area contributed by atoms with E-state index in [1.807, 2.05) is 0 Å². The zero-order valence-corrected chi connectivity index (χ0v) is 10.6. The maximum Gasteiger partial charge on any atom is 0.219 e. The Bertz CT molecular complexity index is 417. The molecule has 0 bridgehead atoms. The van der Waals surface area contributed by atoms with Gasteiger partial charge in [0.25, 0.3) is 0 Å². The number of amides is 1. The molecule has 1 amide bonds. The van der Waals surface area contributed by atoms with Crippen LogP contribution in [0.4, 0.5) is 0 Å². The van der Waals surface area contributed by atoms with Crippen LogP contribution >= 0.6 is 0 Å². The van der Waals surface area contributed by atoms with Crippen LogP contribution in [-0.2, 0) is 4.79 Å². The van der Waals surface area contributed by atoms with Gasteiger partial charge in [0, 0.05) is 13.5 Å². The molecule has 1 aromatic carbocycles. The van der Waals surface area contributed by atoms with Crippen molar-refractivity contribution in [2.45, 2.75) is 12.8 Å². The highest BCUT2D eigenvalue weighted by atomic mass is 16.5. The van der Waals surface area contributed by atoms with Crippen molar-refractivity contribution >= 4 is 12.2 Å². The van der Waals surface area contributed by atoms with Crippen molar-refractivity contribution in [1.29, 1.82) is 0 Å². The Morgan fingerprint density at radius 3 is 2.83 bits per heavy atom. The SMILES string of the molecule is CNC(=O)CCCOc1ccc(OC)cc1C=O. The lowest BCUT2D eigenvalue weighted by Crippen LogP contribution is -2.18. The summed E-state index contributed by atoms with van der Waals surface area (Å²) in [5.74, 6) is 1.08. The van der Waals surface area contributed by atoms with Gasteiger partial charge in [0.15, 0.2) is 6.29 Å². The molecule has 0 heterocycles. The fourth-order valence-corrected chi connectivity index (χ4v) is 1.42. The second-order valence-corrected chi connectivity index (χ2v) is 3.65. The Kier molecular flexibility index (Phi) is 5.70. The van der Waals surface area contributed by atoms with E-state index in [-0.39, 0.29) is 5.91 Å². The Morgan fingerprint density at radius 2 is 2.22 bits per heavy atom. The average molecular weight is 251 g/mol. The largest absolute Gasteiger partial charge is 0.497 e. The van der Waals surface area contributed by atoms with Crippen molar-refractivity contribution in [3.05, 3.63) is 23.8 Å². The number of carbonyl (C=O) groups is 2. The van der Waals surface area contributed by atoms with Gasteiger partial charge in [0.05, 0.1) is 19.3 Å². The molecule has 0 unspecified atom stereocenters. The summed E-state index contributed by atoms with van der Waals surface area (Å²) in [5.41, 5.74) is 0.439. The molecule has 0 saturated heterocycles. The third-order valence-electron chi connectivity index (χ3n) is 2.43. The normalized spacial score (nSPS) is 9.67. The number of aldehydes is 1. The minimum atomic E-state index is -0.0241. The number of hydrogen-bond acceptors (Lipinski definition) is 4. The molecule has 0 spiro atoms. The van der Waals surface area contributed by atoms with Crippen molar-refractivity contribution in [3.8, 4) is 11.5 Å². The number of methoxy groups -OCH3 is 1. The van der Waals surface area contributed by atoms with Crippen LogP contribution in [-0.4, -0.2) is 33.0 Å². The average Bonchev–Trinajstić information content (AvgIpc) is 2.43. The molecule has 0 aliphatic carbocycles. The molecule has 0 fully saturated rings. The van der Waals surface area contributed by atoms with Crippen molar-refractivity contribution in [2.75, 3.05) is 20.8 Å². The van der Waals surface area contributed by atoms with Gasteiger partial charge in [-0.25, -0.2) is 0 Å². The van der Waals surface area contributed by atoms with Crippen LogP contribution in [0.15, 0.2) is 18.2 Å². The van der Waals surface area contributed by atoms with Crippen molar-refractivity contribution in [2.24, 2.45) is 0 Å². The van der Waals surface area contributed by atoms with Gasteiger partial charge in [-0.2, -0.15) is 0 Å². The minimum absolute atomic E-state index is 0.0241. The highest BCUT2D eigenvalue weighted by Crippen LogP contribution is 2.22. The first kappa shape index (κ1) is 14.0. The second-order valence-electron chi connectivity index (χ2n) is 3.65. The monoisotopic (exact) mass is 251 g/mol. The number of benzene rings is 1. The van der Waals surface area contributed by atoms with Crippen molar-refractivity contribution in [1.82, 2.24) is 5.32 Å². The molecule has 1 N–H and O–H groups in total. The van der Waals surface area contributed by atoms with Crippen LogP contribution < -0.4 is 14.8 Å². The molecule has 5 nitrogen and oxygen atoms in total. The fourth-order valence-electron chi connectivity index (χ4n) is 1.42. The van der Waals surface area contributed by atoms with E-state index in [9.17, 15) is 9.59 Å². The van der Waals surface area contributed by atoms with Gasteiger partial charge >= 0.3 is 0 Å². The molecule has 0 atom stereocenters. The van der Waals surface area contributed by atoms with Gasteiger partial charge in [-0.15, -0.1) is 0 Å². The quantitative estimate of drug-likeness (QED) is 0.588. The van der Waals surface area contributed by atoms with Crippen LogP contribution in [0.25, 0.3) is 0 Å². The maximum atomic E-state index is 11.0. The number of carbonyl (C=O) groups excluding carboxylic acids is 2. The van der Waals surface area contributed by atoms with Crippen molar-refractivity contribution < 1.29 is 19.1 Å². The number of rotatable bonds is 7. The predicted octanol–water partition coefficient (Wildman–Crippen LogP) is 1.41. The molecule has 0 aliphatic rings. The molecule has 0 saturated carbocycles. The van der Waals surface area contributed by atoms with Crippen LogP contribution in [0.3, 0.4) is 0 Å². The third kappa shape index (κ3) is 4.08. The zero-order chi connectivity index (χ0) is 13.4. The molecule has 0 radical (unpaired) electrons. The molecule has 0 aromatic heterocycles. The Hall–Kier alpha value is -2.04. The Morgan fingerprint density at radius 1 is 1.44 bits per heavy atom. The molecule has 18 heavy (non-hydrogen) atoms. The molecule has 1 rings (SSSR count). The molecule has 1 aromatic rings. The van der Waals surface area contributed by atoms with E-state index in [0.29, 0.717) is 36.5 Å². The van der Waals surface area contributed by atoms with E-state index in [4.69, 9.17) is 9.47 Å². The van der Waals surface area contributed by atoms with Gasteiger partial charge in [-0.05, 0) is 24.6 Å². The number of nitrogens with one attached hydrogen (secondary N) is 1. The lowest BCUT2D eigenvalue weighted by molar-refractivity contribution is -0.120. The smallest absolute Gasteiger partial charge is 0.219 e. The summed E-state index contributed by atoms with van der Waals surface area (Å²) in [5, 5.41) is 2.53. The van der Waals surface area contributed by atoms with E-state index in [1.54, 1.807) is 25.2 Å². The minimum Gasteiger partial charge on any atom is -0.497 e. The van der Waals surface area contributed by atoms with Crippen LogP contribution in [0.1, 0.15) is 23.2 Å². The summed E-state index contributed by atoms with van der Waals surface area (Å²) in [4.78, 5) is 21.9. The highest BCUT2D eigenvalue weighted by molar-refractivity contribution is 5.80. The number of hydrogen-bond donors (Lipinski definition) is 1. The summed E-state index contributed by atoms with van der Waals surface area (Å²) in [7, 11) is 3.13. The third-order valence-corrected chi connectivity index (χ3v) is 2.43. The first-order valence-electron chi connectivity index (χ1n) is 5.68. The molecule has 5 heteroatoms. The van der Waals surface area contributed by atoms with E-state index in [0.717, 1.165) is 6.29 Å². The van der Waals surface area contributed by atoms with Crippen molar-refractivity contribution in [3.63, 3.8) is 0 Å². The summed E-state index contributed by atoms with van der Waals surface area (Å²) < 4.78 is 10.5. The molecule has 0 aliphatic heterocycles. The summed E-state index contributed by atoms with van der Waals surface area (Å²) >= 11 is 0. The van der Waals surface area contributed by atoms with Gasteiger partial charge < -0.3 is 14.8 Å². The van der Waals surface area contributed by atoms with E-state index < -0.39 is 0 Å². The first-order valence-corrected chi connectivity index (χ1v) is 5.68. The molecular formula is C13H17NO4. The van der Waals surface area contributed by atoms with Crippen LogP contribution in [0.2, 0.25) is 0 Å². The lowest BCUT2D eigenvalue weighted by atomic mass is 10.2. The summed E-state index contributed by atoms with van der Waals surface area (Å²) in [6.45, 7) is 0.389. The Balaban J connectivity index is 2.51. The van der Waals surface area contributed by atoms with Gasteiger partial charge in [0.2, 0.25) is 5.91 Å². The Labute approximate surface area is 106 Å². The summed E-state index contributed by atoms with van der Waals surface area (Å²) in [6.07, 6.45) is 1.73. The van der Waals surface area contributed by atoms with Gasteiger partial charge in [-0.3, -0.25) is 9.59 Å². The van der Waals surface area contributed by atoms with Crippen LogP contribution in [0, 0.1) is 0 Å². The van der Waals surface area contributed by atoms with Crippen LogP contribution in [0.5, 0.6) is 11.5 Å². The standard InChI is InChI=1S/C13H17NO4/c1-14-13(16)4-3-7-18-12-6-5-11(17-2)8-10(12)9-15/h5-6,8-9H,3-4,7H2,1-2H3,(H,14,16). The van der Waals surface area contributed by atoms with E-state index in [1.165, 1.54) is 7.11 Å². The summed E-state index contributed by atoms with van der Waals surface area (Å²) in [6, 6.07) is 5.02. The highest BCUT2D eigenvalue weighted by Gasteiger charge is 2.05. The van der Waals surface area contributed by atoms with E-state index in [2.05, 4.69) is 5.32 Å². The predicted molar refractivity (Wildman–Crippen MR) is 67.2 cm³/mol. The molecular weight excluding hydrogens is 234 g/mol. The fraction of sp³-hybridized carbons (Fsp3) is 0.385. The second kappa shape index (κ2) is 7.32. The lowest BCUT2D eigenvalue weighted by Gasteiger charge is -2.09. The topological polar surface area (TPSA) is 64.6 Å². The first-order chi connectivity index (χ1) is 8.71. The maximum absolute atomic E-state index is 11.0. The zero-order valence-electron chi connectivity index (χ0n) is 10.6. The molecule has 98 valence electrons. The number of ether oxygens (including phenoxy) is 2. The van der Waals surface area contributed by atoms with E-state index >= 15 is 0 Å². The van der Waals surface area contributed by atoms with Gasteiger partial charge in [-0.1, -0.05) is 0 Å². The van der Waals surface area contributed by atoms with Gasteiger partial charge in [0.1, 0.15) is 11.5 Å².